The molecule has 0 heterocycles. The van der Waals surface area contributed by atoms with Gasteiger partial charge in [-0.05, 0) is 25.5 Å². The van der Waals surface area contributed by atoms with Crippen LogP contribution in [0.5, 0.6) is 0 Å². The Morgan fingerprint density at radius 1 is 1.29 bits per heavy atom. The minimum Gasteiger partial charge on any atom is -1.00 e. The molecule has 0 aliphatic heterocycles. The first-order chi connectivity index (χ1) is 7.43. The molecule has 0 bridgehead atoms. The van der Waals surface area contributed by atoms with Crippen molar-refractivity contribution in [1.29, 1.82) is 0 Å². The van der Waals surface area contributed by atoms with E-state index in [4.69, 9.17) is 0 Å². The average molecular weight is 268 g/mol. The van der Waals surface area contributed by atoms with Gasteiger partial charge in [-0.25, -0.2) is 0 Å². The zero-order chi connectivity index (χ0) is 12.2. The van der Waals surface area contributed by atoms with Crippen LogP contribution in [0.15, 0.2) is 24.3 Å². The lowest BCUT2D eigenvalue weighted by Crippen LogP contribution is -3.00. The average Bonchev–Trinajstić information content (AvgIpc) is 2.17. The van der Waals surface area contributed by atoms with E-state index in [1.165, 1.54) is 12.1 Å². The van der Waals surface area contributed by atoms with Gasteiger partial charge >= 0.3 is 6.18 Å². The Balaban J connectivity index is 0.00000256. The van der Waals surface area contributed by atoms with Gasteiger partial charge in [-0.1, -0.05) is 18.2 Å². The summed E-state index contributed by atoms with van der Waals surface area (Å²) in [7, 11) is 0. The van der Waals surface area contributed by atoms with E-state index in [9.17, 15) is 13.2 Å². The number of hydrogen-bond donors (Lipinski definition) is 1. The standard InChI is InChI=1S/C12H16F3N.ClH/c1-3-16-9(2)7-10-5-4-6-11(8-10)12(13,14)15;/h4-6,8-9,16H,3,7H2,1-2H3;1H. The first-order valence-corrected chi connectivity index (χ1v) is 5.43. The summed E-state index contributed by atoms with van der Waals surface area (Å²) >= 11 is 0. The van der Waals surface area contributed by atoms with Gasteiger partial charge in [-0.15, -0.1) is 0 Å². The molecule has 1 aromatic carbocycles. The van der Waals surface area contributed by atoms with Crippen molar-refractivity contribution in [3.05, 3.63) is 35.4 Å². The molecule has 0 spiro atoms. The normalized spacial score (nSPS) is 13.0. The summed E-state index contributed by atoms with van der Waals surface area (Å²) in [6.45, 7) is 4.99. The summed E-state index contributed by atoms with van der Waals surface area (Å²) in [5.74, 6) is 0. The second-order valence-corrected chi connectivity index (χ2v) is 4.02. The smallest absolute Gasteiger partial charge is 0.416 e. The number of alkyl halides is 3. The number of likely N-dealkylation sites (N-methyl/N-ethyl adjacent to an activating group) is 1. The van der Waals surface area contributed by atoms with Crippen molar-refractivity contribution in [1.82, 2.24) is 0 Å². The molecule has 0 radical (unpaired) electrons. The first-order valence-electron chi connectivity index (χ1n) is 5.43. The molecule has 1 atom stereocenters. The van der Waals surface area contributed by atoms with E-state index >= 15 is 0 Å². The monoisotopic (exact) mass is 267 g/mol. The Bertz CT molecular complexity index is 339. The van der Waals surface area contributed by atoms with Crippen molar-refractivity contribution in [3.8, 4) is 0 Å². The van der Waals surface area contributed by atoms with Gasteiger partial charge in [0.05, 0.1) is 18.2 Å². The minimum atomic E-state index is -4.24. The lowest BCUT2D eigenvalue weighted by atomic mass is 10.0. The predicted octanol–water partition coefficient (Wildman–Crippen LogP) is -0.776. The molecule has 0 aromatic heterocycles. The van der Waals surface area contributed by atoms with Crippen LogP contribution in [0.3, 0.4) is 0 Å². The second-order valence-electron chi connectivity index (χ2n) is 4.02. The molecule has 0 aliphatic carbocycles. The van der Waals surface area contributed by atoms with Crippen molar-refractivity contribution in [2.75, 3.05) is 6.54 Å². The largest absolute Gasteiger partial charge is 1.00 e. The Labute approximate surface area is 106 Å². The Morgan fingerprint density at radius 3 is 2.47 bits per heavy atom. The van der Waals surface area contributed by atoms with Gasteiger partial charge in [-0.3, -0.25) is 0 Å². The molecular formula is C12H17ClF3N. The van der Waals surface area contributed by atoms with Gasteiger partial charge in [0.15, 0.2) is 0 Å². The molecule has 1 unspecified atom stereocenters. The van der Waals surface area contributed by atoms with Crippen LogP contribution in [0.2, 0.25) is 0 Å². The molecule has 17 heavy (non-hydrogen) atoms. The van der Waals surface area contributed by atoms with Crippen LogP contribution >= 0.6 is 0 Å². The minimum absolute atomic E-state index is 0. The summed E-state index contributed by atoms with van der Waals surface area (Å²) in [5.41, 5.74) is 0.181. The van der Waals surface area contributed by atoms with Crippen LogP contribution < -0.4 is 17.7 Å². The number of nitrogens with two attached hydrogens (primary N) is 1. The molecule has 1 aromatic rings. The zero-order valence-corrected chi connectivity index (χ0v) is 10.6. The molecule has 2 N–H and O–H groups in total. The van der Waals surface area contributed by atoms with Crippen molar-refractivity contribution < 1.29 is 30.9 Å². The zero-order valence-electron chi connectivity index (χ0n) is 9.89. The van der Waals surface area contributed by atoms with Gasteiger partial charge in [-0.2, -0.15) is 13.2 Å². The molecular weight excluding hydrogens is 251 g/mol. The molecule has 5 heteroatoms. The van der Waals surface area contributed by atoms with Crippen LogP contribution in [0, 0.1) is 0 Å². The van der Waals surface area contributed by atoms with Gasteiger partial charge < -0.3 is 17.7 Å². The summed E-state index contributed by atoms with van der Waals surface area (Å²) in [6, 6.07) is 5.87. The predicted molar refractivity (Wildman–Crippen MR) is 57.1 cm³/mol. The second kappa shape index (κ2) is 6.87. The number of rotatable bonds is 4. The van der Waals surface area contributed by atoms with Crippen LogP contribution in [0.25, 0.3) is 0 Å². The Hall–Kier alpha value is -0.740. The van der Waals surface area contributed by atoms with E-state index < -0.39 is 11.7 Å². The Morgan fingerprint density at radius 2 is 1.94 bits per heavy atom. The maximum atomic E-state index is 12.4. The molecule has 0 aliphatic rings. The lowest BCUT2D eigenvalue weighted by molar-refractivity contribution is -0.682. The molecule has 0 fully saturated rings. The van der Waals surface area contributed by atoms with Gasteiger partial charge in [0.2, 0.25) is 0 Å². The highest BCUT2D eigenvalue weighted by atomic mass is 35.5. The summed E-state index contributed by atoms with van der Waals surface area (Å²) < 4.78 is 37.3. The van der Waals surface area contributed by atoms with Crippen molar-refractivity contribution in [2.45, 2.75) is 32.5 Å². The number of benzene rings is 1. The maximum Gasteiger partial charge on any atom is 0.416 e. The quantitative estimate of drug-likeness (QED) is 0.738. The highest BCUT2D eigenvalue weighted by molar-refractivity contribution is 5.25. The fourth-order valence-corrected chi connectivity index (χ4v) is 1.73. The maximum absolute atomic E-state index is 12.4. The number of quaternary nitrogens is 1. The highest BCUT2D eigenvalue weighted by Crippen LogP contribution is 2.29. The third-order valence-electron chi connectivity index (χ3n) is 2.45. The lowest BCUT2D eigenvalue weighted by Gasteiger charge is -2.11. The van der Waals surface area contributed by atoms with Crippen LogP contribution in [0.4, 0.5) is 13.2 Å². The molecule has 98 valence electrons. The molecule has 1 nitrogen and oxygen atoms in total. The van der Waals surface area contributed by atoms with Crippen LogP contribution in [-0.2, 0) is 12.6 Å². The van der Waals surface area contributed by atoms with E-state index in [0.717, 1.165) is 18.2 Å². The fraction of sp³-hybridized carbons (Fsp3) is 0.500. The summed E-state index contributed by atoms with van der Waals surface area (Å²) in [4.78, 5) is 0. The van der Waals surface area contributed by atoms with E-state index in [1.54, 1.807) is 6.07 Å². The van der Waals surface area contributed by atoms with Crippen LogP contribution in [0.1, 0.15) is 25.0 Å². The SMILES string of the molecule is CC[NH2+]C(C)Cc1cccc(C(F)(F)F)c1.[Cl-]. The van der Waals surface area contributed by atoms with E-state index in [2.05, 4.69) is 5.32 Å². The van der Waals surface area contributed by atoms with E-state index in [1.807, 2.05) is 13.8 Å². The third kappa shape index (κ3) is 5.41. The van der Waals surface area contributed by atoms with Gasteiger partial charge in [0.25, 0.3) is 0 Å². The first kappa shape index (κ1) is 16.3. The number of halogens is 4. The third-order valence-corrected chi connectivity index (χ3v) is 2.45. The van der Waals surface area contributed by atoms with Crippen molar-refractivity contribution in [2.24, 2.45) is 0 Å². The Kier molecular flexibility index (Phi) is 6.57. The number of hydrogen-bond acceptors (Lipinski definition) is 0. The van der Waals surface area contributed by atoms with Gasteiger partial charge in [0.1, 0.15) is 0 Å². The highest BCUT2D eigenvalue weighted by Gasteiger charge is 2.30. The summed E-state index contributed by atoms with van der Waals surface area (Å²) in [6.07, 6.45) is -3.58. The van der Waals surface area contributed by atoms with Crippen molar-refractivity contribution in [3.63, 3.8) is 0 Å². The van der Waals surface area contributed by atoms with E-state index in [0.29, 0.717) is 12.5 Å². The van der Waals surface area contributed by atoms with Crippen LogP contribution in [-0.4, -0.2) is 12.6 Å². The fourth-order valence-electron chi connectivity index (χ4n) is 1.73. The molecule has 0 saturated heterocycles. The topological polar surface area (TPSA) is 16.6 Å². The summed E-state index contributed by atoms with van der Waals surface area (Å²) in [5, 5.41) is 2.11. The molecule has 1 rings (SSSR count). The van der Waals surface area contributed by atoms with Gasteiger partial charge in [0, 0.05) is 6.42 Å². The van der Waals surface area contributed by atoms with Crippen molar-refractivity contribution >= 4 is 0 Å². The van der Waals surface area contributed by atoms with E-state index in [-0.39, 0.29) is 12.4 Å². The molecule has 0 amide bonds. The molecule has 0 saturated carbocycles.